The van der Waals surface area contributed by atoms with Crippen molar-refractivity contribution in [3.8, 4) is 0 Å². The first-order valence-corrected chi connectivity index (χ1v) is 12.8. The predicted octanol–water partition coefficient (Wildman–Crippen LogP) is 3.78. The summed E-state index contributed by atoms with van der Waals surface area (Å²) in [4.78, 5) is 25.5. The summed E-state index contributed by atoms with van der Waals surface area (Å²) in [6, 6.07) is 18.3. The van der Waals surface area contributed by atoms with Crippen LogP contribution in [0.4, 0.5) is 5.69 Å². The quantitative estimate of drug-likeness (QED) is 0.400. The molecule has 1 atom stereocenters. The van der Waals surface area contributed by atoms with Crippen molar-refractivity contribution in [3.63, 3.8) is 0 Å². The molecule has 0 aromatic heterocycles. The fourth-order valence-corrected chi connectivity index (χ4v) is 4.97. The van der Waals surface area contributed by atoms with Crippen LogP contribution in [0.3, 0.4) is 0 Å². The molecule has 35 heavy (non-hydrogen) atoms. The Bertz CT molecular complexity index is 1390. The van der Waals surface area contributed by atoms with Crippen molar-refractivity contribution >= 4 is 44.8 Å². The van der Waals surface area contributed by atoms with Gasteiger partial charge < -0.3 is 5.32 Å². The number of sulfonamides is 1. The van der Waals surface area contributed by atoms with Crippen LogP contribution >= 0.6 is 11.6 Å². The second kappa shape index (κ2) is 10.4. The van der Waals surface area contributed by atoms with Gasteiger partial charge in [-0.2, -0.15) is 9.82 Å². The Hall–Kier alpha value is -3.53. The Morgan fingerprint density at radius 3 is 2.40 bits per heavy atom. The van der Waals surface area contributed by atoms with Gasteiger partial charge in [-0.15, -0.1) is 0 Å². The molecule has 10 heteroatoms. The minimum Gasteiger partial charge on any atom is -0.320 e. The van der Waals surface area contributed by atoms with E-state index in [1.54, 1.807) is 60.7 Å². The number of nitrogens with zero attached hydrogens (tertiary/aromatic N) is 1. The third-order valence-electron chi connectivity index (χ3n) is 5.43. The average molecular weight is 511 g/mol. The first-order chi connectivity index (χ1) is 16.8. The lowest BCUT2D eigenvalue weighted by molar-refractivity contribution is -0.122. The topological polar surface area (TPSA) is 117 Å². The molecule has 0 saturated carbocycles. The van der Waals surface area contributed by atoms with Crippen molar-refractivity contribution in [3.05, 3.63) is 94.5 Å². The number of carbonyl (C=O) groups excluding carboxylic acids is 2. The van der Waals surface area contributed by atoms with Crippen molar-refractivity contribution < 1.29 is 18.0 Å². The summed E-state index contributed by atoms with van der Waals surface area (Å²) in [7, 11) is -4.06. The van der Waals surface area contributed by atoms with E-state index in [1.807, 2.05) is 6.92 Å². The number of amides is 2. The van der Waals surface area contributed by atoms with Crippen LogP contribution in [0, 0.1) is 0 Å². The molecule has 4 rings (SSSR count). The SMILES string of the molecule is CCCc1ccc(S(=O)(=O)NC(C(=O)NN=C2C(=O)Nc3ccccc32)c2ccc(Cl)cc2)cc1. The highest BCUT2D eigenvalue weighted by Gasteiger charge is 2.29. The van der Waals surface area contributed by atoms with Gasteiger partial charge in [0.1, 0.15) is 6.04 Å². The van der Waals surface area contributed by atoms with Crippen LogP contribution < -0.4 is 15.5 Å². The van der Waals surface area contributed by atoms with Crippen molar-refractivity contribution in [2.75, 3.05) is 5.32 Å². The number of carbonyl (C=O) groups is 2. The van der Waals surface area contributed by atoms with Gasteiger partial charge >= 0.3 is 0 Å². The van der Waals surface area contributed by atoms with Gasteiger partial charge in [0.05, 0.1) is 10.6 Å². The van der Waals surface area contributed by atoms with E-state index in [0.717, 1.165) is 18.4 Å². The van der Waals surface area contributed by atoms with Gasteiger partial charge in [-0.1, -0.05) is 67.4 Å². The van der Waals surface area contributed by atoms with Crippen molar-refractivity contribution in [1.29, 1.82) is 0 Å². The van der Waals surface area contributed by atoms with Crippen LogP contribution in [0.1, 0.15) is 36.1 Å². The number of hydrazone groups is 1. The first kappa shape index (κ1) is 24.6. The van der Waals surface area contributed by atoms with E-state index in [9.17, 15) is 18.0 Å². The van der Waals surface area contributed by atoms with Crippen LogP contribution in [0.15, 0.2) is 82.8 Å². The molecule has 2 amide bonds. The van der Waals surface area contributed by atoms with Crippen LogP contribution in [0.25, 0.3) is 0 Å². The van der Waals surface area contributed by atoms with Crippen LogP contribution in [0.5, 0.6) is 0 Å². The number of rotatable bonds is 8. The number of fused-ring (bicyclic) bond motifs is 1. The number of halogens is 1. The predicted molar refractivity (Wildman–Crippen MR) is 135 cm³/mol. The molecule has 1 heterocycles. The van der Waals surface area contributed by atoms with E-state index in [-0.39, 0.29) is 10.6 Å². The molecule has 1 aliphatic rings. The second-order valence-electron chi connectivity index (χ2n) is 7.94. The second-order valence-corrected chi connectivity index (χ2v) is 10.1. The number of aryl methyl sites for hydroxylation is 1. The van der Waals surface area contributed by atoms with Crippen molar-refractivity contribution in [1.82, 2.24) is 10.1 Å². The van der Waals surface area contributed by atoms with Gasteiger partial charge in [-0.3, -0.25) is 9.59 Å². The zero-order chi connectivity index (χ0) is 25.0. The minimum absolute atomic E-state index is 0.0261. The molecule has 0 spiro atoms. The Balaban J connectivity index is 1.61. The molecule has 3 aromatic rings. The molecular formula is C25H23ClN4O4S. The Kier molecular flexibility index (Phi) is 7.30. The third-order valence-corrected chi connectivity index (χ3v) is 7.12. The molecule has 0 saturated heterocycles. The van der Waals surface area contributed by atoms with Gasteiger partial charge in [0.15, 0.2) is 5.71 Å². The van der Waals surface area contributed by atoms with Crippen LogP contribution in [0.2, 0.25) is 5.02 Å². The number of hydrogen-bond acceptors (Lipinski definition) is 5. The summed E-state index contributed by atoms with van der Waals surface area (Å²) in [5.74, 6) is -1.23. The largest absolute Gasteiger partial charge is 0.320 e. The smallest absolute Gasteiger partial charge is 0.276 e. The Morgan fingerprint density at radius 2 is 1.71 bits per heavy atom. The molecule has 0 radical (unpaired) electrons. The van der Waals surface area contributed by atoms with Gasteiger partial charge in [0, 0.05) is 10.6 Å². The van der Waals surface area contributed by atoms with E-state index in [2.05, 4.69) is 20.6 Å². The van der Waals surface area contributed by atoms with E-state index < -0.39 is 27.9 Å². The number of nitrogens with one attached hydrogen (secondary N) is 3. The molecule has 0 bridgehead atoms. The van der Waals surface area contributed by atoms with Crippen molar-refractivity contribution in [2.45, 2.75) is 30.7 Å². The maximum Gasteiger partial charge on any atom is 0.276 e. The lowest BCUT2D eigenvalue weighted by Gasteiger charge is -2.18. The maximum absolute atomic E-state index is 13.1. The highest BCUT2D eigenvalue weighted by molar-refractivity contribution is 7.89. The van der Waals surface area contributed by atoms with Crippen molar-refractivity contribution in [2.24, 2.45) is 5.10 Å². The maximum atomic E-state index is 13.1. The lowest BCUT2D eigenvalue weighted by atomic mass is 10.1. The summed E-state index contributed by atoms with van der Waals surface area (Å²) in [5, 5.41) is 7.08. The molecule has 3 N–H and O–H groups in total. The zero-order valence-electron chi connectivity index (χ0n) is 18.8. The molecule has 0 fully saturated rings. The van der Waals surface area contributed by atoms with Crippen LogP contribution in [-0.2, 0) is 26.0 Å². The average Bonchev–Trinajstić information content (AvgIpc) is 3.17. The van der Waals surface area contributed by atoms with E-state index >= 15 is 0 Å². The summed E-state index contributed by atoms with van der Waals surface area (Å²) in [6.45, 7) is 2.04. The summed E-state index contributed by atoms with van der Waals surface area (Å²) in [6.07, 6.45) is 1.77. The van der Waals surface area contributed by atoms with Gasteiger partial charge in [-0.25, -0.2) is 13.8 Å². The van der Waals surface area contributed by atoms with Gasteiger partial charge in [0.2, 0.25) is 10.0 Å². The minimum atomic E-state index is -4.06. The molecule has 3 aromatic carbocycles. The van der Waals surface area contributed by atoms with Crippen LogP contribution in [-0.4, -0.2) is 25.9 Å². The monoisotopic (exact) mass is 510 g/mol. The van der Waals surface area contributed by atoms with Gasteiger partial charge in [-0.05, 0) is 47.9 Å². The highest BCUT2D eigenvalue weighted by atomic mass is 35.5. The molecule has 0 aliphatic carbocycles. The highest BCUT2D eigenvalue weighted by Crippen LogP contribution is 2.23. The number of benzene rings is 3. The fourth-order valence-electron chi connectivity index (χ4n) is 3.66. The number of para-hydroxylation sites is 1. The standard InChI is InChI=1S/C25H23ClN4O4S/c1-2-5-16-8-14-19(15-9-16)35(33,34)30-22(17-10-12-18(26)13-11-17)25(32)29-28-23-20-6-3-4-7-21(20)27-24(23)31/h3-4,6-15,22,30H,2,5H2,1H3,(H,29,32)(H,27,28,31). The number of hydrogen-bond donors (Lipinski definition) is 3. The molecular weight excluding hydrogens is 488 g/mol. The third kappa shape index (κ3) is 5.59. The van der Waals surface area contributed by atoms with Gasteiger partial charge in [0.25, 0.3) is 11.8 Å². The summed E-state index contributed by atoms with van der Waals surface area (Å²) < 4.78 is 28.7. The Labute approximate surface area is 208 Å². The van der Waals surface area contributed by atoms with E-state index in [1.165, 1.54) is 12.1 Å². The molecule has 180 valence electrons. The fraction of sp³-hybridized carbons (Fsp3) is 0.160. The van der Waals surface area contributed by atoms with E-state index in [0.29, 0.717) is 21.8 Å². The zero-order valence-corrected chi connectivity index (χ0v) is 20.4. The summed E-state index contributed by atoms with van der Waals surface area (Å²) in [5.41, 5.74) is 4.85. The molecule has 1 aliphatic heterocycles. The number of anilines is 1. The first-order valence-electron chi connectivity index (χ1n) is 10.9. The molecule has 8 nitrogen and oxygen atoms in total. The lowest BCUT2D eigenvalue weighted by Crippen LogP contribution is -2.39. The van der Waals surface area contributed by atoms with E-state index in [4.69, 9.17) is 11.6 Å². The Morgan fingerprint density at radius 1 is 1.03 bits per heavy atom. The normalized spacial score (nSPS) is 14.9. The molecule has 1 unspecified atom stereocenters. The summed E-state index contributed by atoms with van der Waals surface area (Å²) >= 11 is 5.97.